The molecule has 2 heterocycles. The number of fused-ring (bicyclic) bond motifs is 1. The second-order valence-electron chi connectivity index (χ2n) is 4.83. The van der Waals surface area contributed by atoms with E-state index in [1.54, 1.807) is 30.5 Å². The molecule has 5 heteroatoms. The van der Waals surface area contributed by atoms with Gasteiger partial charge in [-0.05, 0) is 36.8 Å². The first-order valence-corrected chi connectivity index (χ1v) is 6.64. The van der Waals surface area contributed by atoms with Crippen molar-refractivity contribution in [1.29, 1.82) is 0 Å². The fourth-order valence-corrected chi connectivity index (χ4v) is 2.18. The molecule has 0 unspecified atom stereocenters. The van der Waals surface area contributed by atoms with E-state index in [-0.39, 0.29) is 17.4 Å². The summed E-state index contributed by atoms with van der Waals surface area (Å²) < 4.78 is 14.4. The molecule has 0 aliphatic rings. The van der Waals surface area contributed by atoms with Crippen molar-refractivity contribution in [2.45, 2.75) is 13.0 Å². The van der Waals surface area contributed by atoms with Crippen LogP contribution in [0.4, 0.5) is 10.2 Å². The lowest BCUT2D eigenvalue weighted by atomic mass is 10.1. The molecule has 21 heavy (non-hydrogen) atoms. The molecule has 0 saturated heterocycles. The molecule has 0 aliphatic carbocycles. The molecule has 106 valence electrons. The van der Waals surface area contributed by atoms with Gasteiger partial charge in [0.1, 0.15) is 17.3 Å². The number of hydrogen-bond acceptors (Lipinski definition) is 3. The van der Waals surface area contributed by atoms with E-state index in [9.17, 15) is 9.18 Å². The van der Waals surface area contributed by atoms with Crippen LogP contribution in [0.5, 0.6) is 0 Å². The highest BCUT2D eigenvalue weighted by atomic mass is 19.1. The van der Waals surface area contributed by atoms with E-state index in [4.69, 9.17) is 0 Å². The van der Waals surface area contributed by atoms with E-state index in [0.29, 0.717) is 11.5 Å². The number of nitrogens with one attached hydrogen (secondary N) is 1. The van der Waals surface area contributed by atoms with Crippen LogP contribution in [0.15, 0.2) is 59.5 Å². The van der Waals surface area contributed by atoms with Crippen LogP contribution in [0.2, 0.25) is 0 Å². The summed E-state index contributed by atoms with van der Waals surface area (Å²) in [5.74, 6) is 0.232. The van der Waals surface area contributed by atoms with Crippen molar-refractivity contribution in [3.8, 4) is 0 Å². The van der Waals surface area contributed by atoms with Crippen LogP contribution in [0.1, 0.15) is 18.5 Å². The lowest BCUT2D eigenvalue weighted by molar-refractivity contribution is 0.626. The van der Waals surface area contributed by atoms with Gasteiger partial charge in [0, 0.05) is 18.3 Å². The van der Waals surface area contributed by atoms with Crippen molar-refractivity contribution < 1.29 is 4.39 Å². The monoisotopic (exact) mass is 283 g/mol. The molecule has 3 aromatic rings. The summed E-state index contributed by atoms with van der Waals surface area (Å²) in [6.07, 6.45) is 1.68. The molecule has 1 N–H and O–H groups in total. The minimum absolute atomic E-state index is 0.0799. The first kappa shape index (κ1) is 13.3. The normalized spacial score (nSPS) is 12.3. The third-order valence-corrected chi connectivity index (χ3v) is 3.31. The van der Waals surface area contributed by atoms with Crippen molar-refractivity contribution in [3.05, 3.63) is 76.5 Å². The van der Waals surface area contributed by atoms with Crippen LogP contribution in [0.25, 0.3) is 5.65 Å². The van der Waals surface area contributed by atoms with E-state index < -0.39 is 0 Å². The third kappa shape index (κ3) is 2.76. The Morgan fingerprint density at radius 2 is 1.95 bits per heavy atom. The van der Waals surface area contributed by atoms with E-state index in [2.05, 4.69) is 10.3 Å². The van der Waals surface area contributed by atoms with Gasteiger partial charge in [0.15, 0.2) is 0 Å². The lowest BCUT2D eigenvalue weighted by Gasteiger charge is -2.15. The molecule has 4 nitrogen and oxygen atoms in total. The molecule has 3 rings (SSSR count). The number of rotatable bonds is 3. The van der Waals surface area contributed by atoms with Crippen molar-refractivity contribution in [3.63, 3.8) is 0 Å². The number of aromatic nitrogens is 2. The summed E-state index contributed by atoms with van der Waals surface area (Å²) in [5.41, 5.74) is 1.36. The van der Waals surface area contributed by atoms with Gasteiger partial charge in [-0.2, -0.15) is 0 Å². The molecule has 0 saturated carbocycles. The highest BCUT2D eigenvalue weighted by Gasteiger charge is 2.08. The van der Waals surface area contributed by atoms with Crippen molar-refractivity contribution in [2.24, 2.45) is 0 Å². The molecule has 0 spiro atoms. The lowest BCUT2D eigenvalue weighted by Crippen LogP contribution is -2.17. The average molecular weight is 283 g/mol. The maximum atomic E-state index is 12.9. The van der Waals surface area contributed by atoms with Gasteiger partial charge in [-0.3, -0.25) is 9.20 Å². The zero-order chi connectivity index (χ0) is 14.8. The molecule has 0 fully saturated rings. The molecule has 0 radical (unpaired) electrons. The number of nitrogens with zero attached hydrogens (tertiary/aromatic N) is 2. The summed E-state index contributed by atoms with van der Waals surface area (Å²) in [7, 11) is 0. The summed E-state index contributed by atoms with van der Waals surface area (Å²) in [6, 6.07) is 13.0. The van der Waals surface area contributed by atoms with Crippen LogP contribution < -0.4 is 10.9 Å². The van der Waals surface area contributed by atoms with E-state index in [1.165, 1.54) is 22.6 Å². The molecule has 0 bridgehead atoms. The maximum absolute atomic E-state index is 12.9. The molecule has 0 amide bonds. The van der Waals surface area contributed by atoms with Gasteiger partial charge in [-0.1, -0.05) is 18.2 Å². The number of anilines is 1. The Morgan fingerprint density at radius 1 is 1.19 bits per heavy atom. The summed E-state index contributed by atoms with van der Waals surface area (Å²) in [5, 5.41) is 3.16. The number of benzene rings is 1. The van der Waals surface area contributed by atoms with E-state index in [0.717, 1.165) is 5.56 Å². The fourth-order valence-electron chi connectivity index (χ4n) is 2.18. The van der Waals surface area contributed by atoms with E-state index >= 15 is 0 Å². The third-order valence-electron chi connectivity index (χ3n) is 3.31. The smallest absolute Gasteiger partial charge is 0.259 e. The predicted octanol–water partition coefficient (Wildman–Crippen LogP) is 3.01. The molecule has 1 aromatic carbocycles. The Kier molecular flexibility index (Phi) is 3.39. The predicted molar refractivity (Wildman–Crippen MR) is 79.9 cm³/mol. The second kappa shape index (κ2) is 5.36. The van der Waals surface area contributed by atoms with Crippen molar-refractivity contribution in [2.75, 3.05) is 5.32 Å². The SMILES string of the molecule is C[C@H](Nc1cc(=O)n2ccccc2n1)c1ccc(F)cc1. The Bertz CT molecular complexity index is 827. The fraction of sp³-hybridized carbons (Fsp3) is 0.125. The quantitative estimate of drug-likeness (QED) is 0.803. The summed E-state index contributed by atoms with van der Waals surface area (Å²) >= 11 is 0. The van der Waals surface area contributed by atoms with Crippen LogP contribution in [-0.2, 0) is 0 Å². The number of pyridine rings is 1. The van der Waals surface area contributed by atoms with Crippen LogP contribution in [0.3, 0.4) is 0 Å². The van der Waals surface area contributed by atoms with Gasteiger partial charge in [0.05, 0.1) is 0 Å². The second-order valence-corrected chi connectivity index (χ2v) is 4.83. The zero-order valence-electron chi connectivity index (χ0n) is 11.5. The van der Waals surface area contributed by atoms with Crippen molar-refractivity contribution in [1.82, 2.24) is 9.38 Å². The largest absolute Gasteiger partial charge is 0.363 e. The van der Waals surface area contributed by atoms with Gasteiger partial charge in [-0.25, -0.2) is 9.37 Å². The van der Waals surface area contributed by atoms with Crippen LogP contribution >= 0.6 is 0 Å². The van der Waals surface area contributed by atoms with Crippen LogP contribution in [-0.4, -0.2) is 9.38 Å². The Morgan fingerprint density at radius 3 is 2.71 bits per heavy atom. The Balaban J connectivity index is 1.91. The average Bonchev–Trinajstić information content (AvgIpc) is 2.48. The minimum Gasteiger partial charge on any atom is -0.363 e. The van der Waals surface area contributed by atoms with Gasteiger partial charge in [0.25, 0.3) is 5.56 Å². The van der Waals surface area contributed by atoms with Gasteiger partial charge in [0.2, 0.25) is 0 Å². The zero-order valence-corrected chi connectivity index (χ0v) is 11.5. The highest BCUT2D eigenvalue weighted by Crippen LogP contribution is 2.17. The minimum atomic E-state index is -0.270. The van der Waals surface area contributed by atoms with Crippen LogP contribution in [0, 0.1) is 5.82 Å². The number of hydrogen-bond donors (Lipinski definition) is 1. The molecular weight excluding hydrogens is 269 g/mol. The summed E-state index contributed by atoms with van der Waals surface area (Å²) in [6.45, 7) is 1.93. The first-order valence-electron chi connectivity index (χ1n) is 6.64. The number of halogens is 1. The first-order chi connectivity index (χ1) is 10.1. The molecular formula is C16H14FN3O. The van der Waals surface area contributed by atoms with Crippen molar-refractivity contribution >= 4 is 11.5 Å². The molecule has 2 aromatic heterocycles. The standard InChI is InChI=1S/C16H14FN3O/c1-11(12-5-7-13(17)8-6-12)18-14-10-16(21)20-9-3-2-4-15(20)19-14/h2-11,18H,1H3/t11-/m0/s1. The Labute approximate surface area is 120 Å². The summed E-state index contributed by atoms with van der Waals surface area (Å²) in [4.78, 5) is 16.4. The highest BCUT2D eigenvalue weighted by molar-refractivity contribution is 5.47. The molecule has 0 aliphatic heterocycles. The van der Waals surface area contributed by atoms with Gasteiger partial charge < -0.3 is 5.32 Å². The topological polar surface area (TPSA) is 46.4 Å². The van der Waals surface area contributed by atoms with E-state index in [1.807, 2.05) is 13.0 Å². The molecule has 1 atom stereocenters. The maximum Gasteiger partial charge on any atom is 0.259 e. The Hall–Kier alpha value is -2.69. The van der Waals surface area contributed by atoms with Gasteiger partial charge in [-0.15, -0.1) is 0 Å². The van der Waals surface area contributed by atoms with Gasteiger partial charge >= 0.3 is 0 Å².